The highest BCUT2D eigenvalue weighted by atomic mass is 35.5. The molecule has 0 saturated heterocycles. The Labute approximate surface area is 167 Å². The van der Waals surface area contributed by atoms with Gasteiger partial charge in [0.2, 0.25) is 0 Å². The molecule has 0 spiro atoms. The van der Waals surface area contributed by atoms with Gasteiger partial charge in [0, 0.05) is 12.1 Å². The Hall–Kier alpha value is -2.36. The Bertz CT molecular complexity index is 1000. The smallest absolute Gasteiger partial charge is 0.254 e. The van der Waals surface area contributed by atoms with Crippen molar-refractivity contribution in [3.63, 3.8) is 0 Å². The maximum absolute atomic E-state index is 13.4. The van der Waals surface area contributed by atoms with Gasteiger partial charge >= 0.3 is 0 Å². The zero-order chi connectivity index (χ0) is 19.0. The highest BCUT2D eigenvalue weighted by molar-refractivity contribution is 6.42. The molecule has 1 aliphatic rings. The van der Waals surface area contributed by atoms with E-state index in [1.165, 1.54) is 17.7 Å². The SMILES string of the molecule is O=C(c1ccc(Cl)c(Cl)c1)N1CCc2ccccc2[C@@H]1c1ccc(F)cc1. The number of halogens is 3. The lowest BCUT2D eigenvalue weighted by molar-refractivity contribution is 0.0694. The van der Waals surface area contributed by atoms with E-state index in [0.717, 1.165) is 17.5 Å². The summed E-state index contributed by atoms with van der Waals surface area (Å²) in [7, 11) is 0. The summed E-state index contributed by atoms with van der Waals surface area (Å²) in [6, 6.07) is 19.0. The molecule has 0 N–H and O–H groups in total. The summed E-state index contributed by atoms with van der Waals surface area (Å²) in [5.74, 6) is -0.428. The molecule has 0 fully saturated rings. The van der Waals surface area contributed by atoms with Crippen LogP contribution >= 0.6 is 23.2 Å². The fourth-order valence-corrected chi connectivity index (χ4v) is 3.88. The molecule has 3 aromatic carbocycles. The minimum atomic E-state index is -0.301. The first-order valence-corrected chi connectivity index (χ1v) is 9.39. The molecule has 27 heavy (non-hydrogen) atoms. The maximum Gasteiger partial charge on any atom is 0.254 e. The van der Waals surface area contributed by atoms with Crippen LogP contribution < -0.4 is 0 Å². The fourth-order valence-electron chi connectivity index (χ4n) is 3.58. The number of benzene rings is 3. The van der Waals surface area contributed by atoms with E-state index >= 15 is 0 Å². The summed E-state index contributed by atoms with van der Waals surface area (Å²) in [5.41, 5.74) is 3.61. The van der Waals surface area contributed by atoms with E-state index in [-0.39, 0.29) is 17.8 Å². The van der Waals surface area contributed by atoms with Crippen molar-refractivity contribution >= 4 is 29.1 Å². The quantitative estimate of drug-likeness (QED) is 0.523. The first kappa shape index (κ1) is 18.0. The Balaban J connectivity index is 1.79. The minimum Gasteiger partial charge on any atom is -0.327 e. The van der Waals surface area contributed by atoms with Crippen LogP contribution in [0, 0.1) is 5.82 Å². The van der Waals surface area contributed by atoms with Gasteiger partial charge in [-0.3, -0.25) is 4.79 Å². The van der Waals surface area contributed by atoms with Crippen LogP contribution in [0.2, 0.25) is 10.0 Å². The van der Waals surface area contributed by atoms with Crippen molar-refractivity contribution < 1.29 is 9.18 Å². The topological polar surface area (TPSA) is 20.3 Å². The standard InChI is InChI=1S/C22H16Cl2FNO/c23-19-10-7-16(13-20(19)24)22(27)26-12-11-14-3-1-2-4-18(14)21(26)15-5-8-17(25)9-6-15/h1-10,13,21H,11-12H2/t21-/m0/s1. The molecule has 1 atom stereocenters. The van der Waals surface area contributed by atoms with Crippen molar-refractivity contribution in [2.24, 2.45) is 0 Å². The number of fused-ring (bicyclic) bond motifs is 1. The predicted molar refractivity (Wildman–Crippen MR) is 106 cm³/mol. The lowest BCUT2D eigenvalue weighted by Crippen LogP contribution is -2.40. The van der Waals surface area contributed by atoms with Crippen LogP contribution in [0.15, 0.2) is 66.7 Å². The second-order valence-corrected chi connectivity index (χ2v) is 7.34. The van der Waals surface area contributed by atoms with E-state index in [4.69, 9.17) is 23.2 Å². The van der Waals surface area contributed by atoms with Crippen LogP contribution in [0.4, 0.5) is 4.39 Å². The van der Waals surface area contributed by atoms with Gasteiger partial charge in [-0.2, -0.15) is 0 Å². The molecule has 4 rings (SSSR count). The Morgan fingerprint density at radius 1 is 0.963 bits per heavy atom. The second-order valence-electron chi connectivity index (χ2n) is 6.53. The van der Waals surface area contributed by atoms with Gasteiger partial charge in [-0.15, -0.1) is 0 Å². The molecule has 1 aliphatic heterocycles. The number of nitrogens with zero attached hydrogens (tertiary/aromatic N) is 1. The van der Waals surface area contributed by atoms with Crippen LogP contribution in [-0.2, 0) is 6.42 Å². The van der Waals surface area contributed by atoms with E-state index in [0.29, 0.717) is 22.2 Å². The third-order valence-electron chi connectivity index (χ3n) is 4.90. The predicted octanol–water partition coefficient (Wildman–Crippen LogP) is 5.92. The monoisotopic (exact) mass is 399 g/mol. The highest BCUT2D eigenvalue weighted by Gasteiger charge is 2.32. The lowest BCUT2D eigenvalue weighted by atomic mass is 9.87. The normalized spacial score (nSPS) is 16.1. The van der Waals surface area contributed by atoms with Crippen LogP contribution in [-0.4, -0.2) is 17.4 Å². The number of hydrogen-bond acceptors (Lipinski definition) is 1. The zero-order valence-corrected chi connectivity index (χ0v) is 15.8. The Morgan fingerprint density at radius 3 is 2.44 bits per heavy atom. The zero-order valence-electron chi connectivity index (χ0n) is 14.3. The summed E-state index contributed by atoms with van der Waals surface area (Å²) in [6.45, 7) is 0.568. The fraction of sp³-hybridized carbons (Fsp3) is 0.136. The van der Waals surface area contributed by atoms with Gasteiger partial charge in [-0.25, -0.2) is 4.39 Å². The summed E-state index contributed by atoms with van der Waals surface area (Å²) < 4.78 is 13.4. The van der Waals surface area contributed by atoms with E-state index in [9.17, 15) is 9.18 Å². The first-order valence-electron chi connectivity index (χ1n) is 8.64. The molecular formula is C22H16Cl2FNO. The van der Waals surface area contributed by atoms with Gasteiger partial charge in [0.1, 0.15) is 5.82 Å². The summed E-state index contributed by atoms with van der Waals surface area (Å²) in [5, 5.41) is 0.755. The second kappa shape index (κ2) is 7.34. The number of amides is 1. The van der Waals surface area contributed by atoms with E-state index in [1.807, 2.05) is 23.1 Å². The number of carbonyl (C=O) groups excluding carboxylic acids is 1. The molecule has 0 aliphatic carbocycles. The molecule has 1 amide bonds. The lowest BCUT2D eigenvalue weighted by Gasteiger charge is -2.38. The van der Waals surface area contributed by atoms with Crippen LogP contribution in [0.1, 0.15) is 33.1 Å². The molecule has 3 aromatic rings. The van der Waals surface area contributed by atoms with E-state index < -0.39 is 0 Å². The van der Waals surface area contributed by atoms with Crippen molar-refractivity contribution in [1.82, 2.24) is 4.90 Å². The Kier molecular flexibility index (Phi) is 4.90. The number of hydrogen-bond donors (Lipinski definition) is 0. The molecule has 0 bridgehead atoms. The maximum atomic E-state index is 13.4. The highest BCUT2D eigenvalue weighted by Crippen LogP contribution is 2.36. The van der Waals surface area contributed by atoms with Crippen LogP contribution in [0.3, 0.4) is 0 Å². The van der Waals surface area contributed by atoms with Crippen molar-refractivity contribution in [1.29, 1.82) is 0 Å². The molecule has 0 radical (unpaired) electrons. The summed E-state index contributed by atoms with van der Waals surface area (Å²) in [6.07, 6.45) is 0.765. The third kappa shape index (κ3) is 3.45. The average Bonchev–Trinajstić information content (AvgIpc) is 2.69. The van der Waals surface area contributed by atoms with E-state index in [1.54, 1.807) is 30.3 Å². The molecule has 0 saturated carbocycles. The average molecular weight is 400 g/mol. The van der Waals surface area contributed by atoms with Gasteiger partial charge in [0.05, 0.1) is 16.1 Å². The van der Waals surface area contributed by atoms with Crippen molar-refractivity contribution in [3.05, 3.63) is 105 Å². The molecule has 136 valence electrons. The first-order chi connectivity index (χ1) is 13.0. The molecular weight excluding hydrogens is 384 g/mol. The number of rotatable bonds is 2. The Morgan fingerprint density at radius 2 is 1.70 bits per heavy atom. The van der Waals surface area contributed by atoms with E-state index in [2.05, 4.69) is 6.07 Å². The molecule has 1 heterocycles. The molecule has 5 heteroatoms. The largest absolute Gasteiger partial charge is 0.327 e. The van der Waals surface area contributed by atoms with Crippen LogP contribution in [0.25, 0.3) is 0 Å². The number of carbonyl (C=O) groups is 1. The van der Waals surface area contributed by atoms with Gasteiger partial charge in [-0.1, -0.05) is 59.6 Å². The van der Waals surface area contributed by atoms with Gasteiger partial charge in [-0.05, 0) is 53.4 Å². The van der Waals surface area contributed by atoms with Gasteiger partial charge in [0.15, 0.2) is 0 Å². The van der Waals surface area contributed by atoms with Gasteiger partial charge in [0.25, 0.3) is 5.91 Å². The van der Waals surface area contributed by atoms with Gasteiger partial charge < -0.3 is 4.90 Å². The summed E-state index contributed by atoms with van der Waals surface area (Å²) >= 11 is 12.1. The van der Waals surface area contributed by atoms with Crippen molar-refractivity contribution in [3.8, 4) is 0 Å². The van der Waals surface area contributed by atoms with Crippen molar-refractivity contribution in [2.75, 3.05) is 6.54 Å². The third-order valence-corrected chi connectivity index (χ3v) is 5.64. The molecule has 0 aromatic heterocycles. The van der Waals surface area contributed by atoms with Crippen LogP contribution in [0.5, 0.6) is 0 Å². The van der Waals surface area contributed by atoms with Crippen molar-refractivity contribution in [2.45, 2.75) is 12.5 Å². The summed E-state index contributed by atoms with van der Waals surface area (Å²) in [4.78, 5) is 15.1. The minimum absolute atomic E-state index is 0.127. The molecule has 2 nitrogen and oxygen atoms in total. The molecule has 0 unspecified atom stereocenters.